The van der Waals surface area contributed by atoms with Crippen LogP contribution in [0, 0.1) is 11.7 Å². The van der Waals surface area contributed by atoms with Crippen LogP contribution in [-0.2, 0) is 4.79 Å². The minimum Gasteiger partial charge on any atom is -0.367 e. The zero-order valence-electron chi connectivity index (χ0n) is 17.3. The molecule has 0 aliphatic carbocycles. The fraction of sp³-hybridized carbons (Fsp3) is 0.391. The molecule has 4 rings (SSSR count). The molecule has 6 nitrogen and oxygen atoms in total. The van der Waals surface area contributed by atoms with Crippen LogP contribution >= 0.6 is 11.6 Å². The van der Waals surface area contributed by atoms with E-state index in [-0.39, 0.29) is 23.5 Å². The van der Waals surface area contributed by atoms with Crippen molar-refractivity contribution in [3.8, 4) is 0 Å². The Morgan fingerprint density at radius 3 is 2.39 bits per heavy atom. The van der Waals surface area contributed by atoms with E-state index >= 15 is 0 Å². The van der Waals surface area contributed by atoms with Crippen LogP contribution in [0.5, 0.6) is 0 Å². The molecule has 2 aromatic carbocycles. The summed E-state index contributed by atoms with van der Waals surface area (Å²) in [5.74, 6) is -0.619. The van der Waals surface area contributed by atoms with Crippen molar-refractivity contribution in [1.82, 2.24) is 9.80 Å². The Morgan fingerprint density at radius 2 is 1.65 bits per heavy atom. The second-order valence-electron chi connectivity index (χ2n) is 7.96. The first-order valence-electron chi connectivity index (χ1n) is 10.6. The molecular formula is C23H26ClFN4O2. The second kappa shape index (κ2) is 9.56. The van der Waals surface area contributed by atoms with Crippen LogP contribution in [0.15, 0.2) is 48.5 Å². The van der Waals surface area contributed by atoms with Crippen molar-refractivity contribution in [2.24, 2.45) is 5.92 Å². The predicted octanol–water partition coefficient (Wildman–Crippen LogP) is 4.07. The highest BCUT2D eigenvalue weighted by molar-refractivity contribution is 6.33. The first kappa shape index (κ1) is 21.4. The number of hydrogen-bond donors (Lipinski definition) is 1. The van der Waals surface area contributed by atoms with Gasteiger partial charge < -0.3 is 20.0 Å². The Morgan fingerprint density at radius 1 is 0.935 bits per heavy atom. The number of para-hydroxylation sites is 2. The summed E-state index contributed by atoms with van der Waals surface area (Å²) in [4.78, 5) is 31.4. The number of nitrogens with one attached hydrogen (secondary N) is 1. The molecule has 2 saturated heterocycles. The predicted molar refractivity (Wildman–Crippen MR) is 120 cm³/mol. The van der Waals surface area contributed by atoms with Gasteiger partial charge in [0.25, 0.3) is 0 Å². The van der Waals surface area contributed by atoms with Crippen molar-refractivity contribution in [3.63, 3.8) is 0 Å². The quantitative estimate of drug-likeness (QED) is 0.776. The third-order valence-electron chi connectivity index (χ3n) is 5.96. The molecule has 31 heavy (non-hydrogen) atoms. The molecule has 8 heteroatoms. The number of nitrogens with zero attached hydrogens (tertiary/aromatic N) is 3. The number of halogens is 2. The van der Waals surface area contributed by atoms with Crippen LogP contribution in [0.3, 0.4) is 0 Å². The summed E-state index contributed by atoms with van der Waals surface area (Å²) < 4.78 is 13.8. The fourth-order valence-corrected chi connectivity index (χ4v) is 4.51. The number of amides is 3. The van der Waals surface area contributed by atoms with Gasteiger partial charge in [0.2, 0.25) is 5.91 Å². The Hall–Kier alpha value is -2.80. The molecule has 0 spiro atoms. The van der Waals surface area contributed by atoms with Crippen molar-refractivity contribution in [2.45, 2.75) is 12.8 Å². The summed E-state index contributed by atoms with van der Waals surface area (Å²) in [7, 11) is 0. The first-order chi connectivity index (χ1) is 15.0. The number of likely N-dealkylation sites (tertiary alicyclic amines) is 1. The summed E-state index contributed by atoms with van der Waals surface area (Å²) in [6.45, 7) is 3.61. The molecule has 0 radical (unpaired) electrons. The van der Waals surface area contributed by atoms with Crippen LogP contribution in [0.4, 0.5) is 20.6 Å². The van der Waals surface area contributed by atoms with Gasteiger partial charge in [-0.15, -0.1) is 0 Å². The van der Waals surface area contributed by atoms with E-state index in [1.165, 1.54) is 12.1 Å². The molecule has 2 aromatic rings. The standard InChI is InChI=1S/C23H26ClFN4O2/c24-18-7-1-4-10-21(18)27-12-14-28(15-13-27)22(30)17-6-5-11-29(16-17)23(31)26-20-9-3-2-8-19(20)25/h1-4,7-10,17H,5-6,11-16H2,(H,26,31)/t17-/m0/s1. The highest BCUT2D eigenvalue weighted by Gasteiger charge is 2.33. The van der Waals surface area contributed by atoms with Crippen molar-refractivity contribution in [3.05, 3.63) is 59.4 Å². The molecular weight excluding hydrogens is 419 g/mol. The summed E-state index contributed by atoms with van der Waals surface area (Å²) in [5.41, 5.74) is 1.14. The highest BCUT2D eigenvalue weighted by atomic mass is 35.5. The number of anilines is 2. The monoisotopic (exact) mass is 444 g/mol. The molecule has 2 fully saturated rings. The SMILES string of the molecule is O=C(Nc1ccccc1F)N1CCC[C@H](C(=O)N2CCN(c3ccccc3Cl)CC2)C1. The maximum absolute atomic E-state index is 13.8. The smallest absolute Gasteiger partial charge is 0.321 e. The number of piperidine rings is 1. The third kappa shape index (κ3) is 4.93. The maximum Gasteiger partial charge on any atom is 0.321 e. The van der Waals surface area contributed by atoms with Crippen LogP contribution < -0.4 is 10.2 Å². The first-order valence-corrected chi connectivity index (χ1v) is 11.0. The molecule has 0 unspecified atom stereocenters. The summed E-state index contributed by atoms with van der Waals surface area (Å²) >= 11 is 6.30. The van der Waals surface area contributed by atoms with E-state index in [0.29, 0.717) is 31.2 Å². The lowest BCUT2D eigenvalue weighted by molar-refractivity contribution is -0.137. The summed E-state index contributed by atoms with van der Waals surface area (Å²) in [6.07, 6.45) is 1.51. The number of rotatable bonds is 3. The zero-order chi connectivity index (χ0) is 21.8. The molecule has 1 N–H and O–H groups in total. The van der Waals surface area contributed by atoms with E-state index in [1.54, 1.807) is 17.0 Å². The second-order valence-corrected chi connectivity index (χ2v) is 8.37. The molecule has 3 amide bonds. The molecule has 164 valence electrons. The van der Waals surface area contributed by atoms with Gasteiger partial charge in [-0.3, -0.25) is 4.79 Å². The van der Waals surface area contributed by atoms with Crippen molar-refractivity contribution in [1.29, 1.82) is 0 Å². The largest absolute Gasteiger partial charge is 0.367 e. The zero-order valence-corrected chi connectivity index (χ0v) is 18.0. The third-order valence-corrected chi connectivity index (χ3v) is 6.28. The Balaban J connectivity index is 1.32. The lowest BCUT2D eigenvalue weighted by Gasteiger charge is -2.40. The topological polar surface area (TPSA) is 55.9 Å². The van der Waals surface area contributed by atoms with Crippen LogP contribution in [-0.4, -0.2) is 61.0 Å². The lowest BCUT2D eigenvalue weighted by atomic mass is 9.96. The van der Waals surface area contributed by atoms with E-state index in [4.69, 9.17) is 11.6 Å². The van der Waals surface area contributed by atoms with Crippen LogP contribution in [0.1, 0.15) is 12.8 Å². The van der Waals surface area contributed by atoms with Gasteiger partial charge in [0.1, 0.15) is 5.82 Å². The molecule has 0 bridgehead atoms. The normalized spacial score (nSPS) is 19.3. The van der Waals surface area contributed by atoms with Crippen molar-refractivity contribution < 1.29 is 14.0 Å². The van der Waals surface area contributed by atoms with Crippen molar-refractivity contribution >= 4 is 34.9 Å². The average molecular weight is 445 g/mol. The Kier molecular flexibility index (Phi) is 6.61. The van der Waals surface area contributed by atoms with Crippen LogP contribution in [0.2, 0.25) is 5.02 Å². The van der Waals surface area contributed by atoms with Crippen LogP contribution in [0.25, 0.3) is 0 Å². The average Bonchev–Trinajstić information content (AvgIpc) is 2.80. The fourth-order valence-electron chi connectivity index (χ4n) is 4.25. The van der Waals surface area contributed by atoms with Gasteiger partial charge in [-0.2, -0.15) is 0 Å². The number of carbonyl (C=O) groups is 2. The number of carbonyl (C=O) groups excluding carboxylic acids is 2. The van der Waals surface area contributed by atoms with Gasteiger partial charge in [-0.1, -0.05) is 35.9 Å². The summed E-state index contributed by atoms with van der Waals surface area (Å²) in [6, 6.07) is 13.4. The molecule has 1 atom stereocenters. The van der Waals surface area contributed by atoms with Gasteiger partial charge in [0, 0.05) is 39.3 Å². The van der Waals surface area contributed by atoms with Gasteiger partial charge in [-0.05, 0) is 37.1 Å². The number of piperazine rings is 1. The lowest BCUT2D eigenvalue weighted by Crippen LogP contribution is -2.53. The number of urea groups is 1. The maximum atomic E-state index is 13.8. The molecule has 0 aromatic heterocycles. The molecule has 0 saturated carbocycles. The number of benzene rings is 2. The molecule has 2 aliphatic rings. The van der Waals surface area contributed by atoms with Gasteiger partial charge >= 0.3 is 6.03 Å². The minimum atomic E-state index is -0.475. The van der Waals surface area contributed by atoms with E-state index < -0.39 is 5.82 Å². The Bertz CT molecular complexity index is 949. The van der Waals surface area contributed by atoms with E-state index in [2.05, 4.69) is 10.2 Å². The van der Waals surface area contributed by atoms with E-state index in [1.807, 2.05) is 29.2 Å². The minimum absolute atomic E-state index is 0.0854. The van der Waals surface area contributed by atoms with E-state index in [0.717, 1.165) is 31.6 Å². The summed E-state index contributed by atoms with van der Waals surface area (Å²) in [5, 5.41) is 3.33. The van der Waals surface area contributed by atoms with E-state index in [9.17, 15) is 14.0 Å². The van der Waals surface area contributed by atoms with Gasteiger partial charge in [0.05, 0.1) is 22.3 Å². The molecule has 2 heterocycles. The highest BCUT2D eigenvalue weighted by Crippen LogP contribution is 2.27. The van der Waals surface area contributed by atoms with Gasteiger partial charge in [-0.25, -0.2) is 9.18 Å². The molecule has 2 aliphatic heterocycles. The number of hydrogen-bond acceptors (Lipinski definition) is 3. The van der Waals surface area contributed by atoms with Crippen molar-refractivity contribution in [2.75, 3.05) is 49.5 Å². The Labute approximate surface area is 186 Å². The van der Waals surface area contributed by atoms with Gasteiger partial charge in [0.15, 0.2) is 0 Å².